The fourth-order valence-electron chi connectivity index (χ4n) is 2.75. The predicted molar refractivity (Wildman–Crippen MR) is 122 cm³/mol. The molecule has 0 saturated carbocycles. The van der Waals surface area contributed by atoms with Gasteiger partial charge in [0, 0.05) is 13.1 Å². The van der Waals surface area contributed by atoms with Crippen LogP contribution in [0.4, 0.5) is 4.79 Å². The number of carbonyl (C=O) groups excluding carboxylic acids is 2. The molecule has 10 heteroatoms. The minimum absolute atomic E-state index is 0.00445. The van der Waals surface area contributed by atoms with Crippen molar-refractivity contribution in [3.05, 3.63) is 35.9 Å². The first kappa shape index (κ1) is 26.2. The Labute approximate surface area is 184 Å². The topological polar surface area (TPSA) is 170 Å². The minimum atomic E-state index is -0.727. The number of aliphatic imine (C=N–C) groups is 1. The maximum Gasteiger partial charge on any atom is 0.408 e. The van der Waals surface area contributed by atoms with Gasteiger partial charge in [0.15, 0.2) is 5.96 Å². The third-order valence-corrected chi connectivity index (χ3v) is 4.40. The smallest absolute Gasteiger partial charge is 0.408 e. The van der Waals surface area contributed by atoms with Crippen LogP contribution in [0.5, 0.6) is 0 Å². The maximum atomic E-state index is 12.6. The van der Waals surface area contributed by atoms with Gasteiger partial charge in [0.05, 0.1) is 0 Å². The maximum absolute atomic E-state index is 12.6. The first-order valence-corrected chi connectivity index (χ1v) is 10.7. The largest absolute Gasteiger partial charge is 0.445 e. The Morgan fingerprint density at radius 3 is 2.45 bits per heavy atom. The van der Waals surface area contributed by atoms with E-state index in [9.17, 15) is 9.59 Å². The molecule has 9 N–H and O–H groups in total. The molecule has 1 rings (SSSR count). The lowest BCUT2D eigenvalue weighted by Gasteiger charge is -2.18. The molecule has 0 saturated heterocycles. The van der Waals surface area contributed by atoms with Crippen LogP contribution in [-0.4, -0.2) is 56.7 Å². The summed E-state index contributed by atoms with van der Waals surface area (Å²) in [5.74, 6) is -0.264. The van der Waals surface area contributed by atoms with Crippen molar-refractivity contribution in [1.29, 1.82) is 0 Å². The number of carbonyl (C=O) groups is 2. The highest BCUT2D eigenvalue weighted by atomic mass is 16.5. The second kappa shape index (κ2) is 16.9. The standard InChI is InChI=1S/C21H37N7O3/c22-11-4-5-12-25-13-7-15-26-19(29)18(10-6-14-27-20(23)24)28-21(30)31-16-17-8-2-1-3-9-17/h1-3,8-9,18,25H,4-7,10-16,22H2,(H,26,29)(H,28,30)(H4,23,24,27)/t18-/m0/s1. The van der Waals surface area contributed by atoms with Gasteiger partial charge in [-0.3, -0.25) is 9.79 Å². The first-order valence-electron chi connectivity index (χ1n) is 10.7. The van der Waals surface area contributed by atoms with Crippen LogP contribution >= 0.6 is 0 Å². The average molecular weight is 436 g/mol. The zero-order valence-corrected chi connectivity index (χ0v) is 18.1. The first-order chi connectivity index (χ1) is 15.0. The van der Waals surface area contributed by atoms with Crippen molar-refractivity contribution in [1.82, 2.24) is 16.0 Å². The highest BCUT2D eigenvalue weighted by Gasteiger charge is 2.20. The van der Waals surface area contributed by atoms with E-state index >= 15 is 0 Å². The number of hydrogen-bond acceptors (Lipinski definition) is 6. The number of alkyl carbamates (subject to hydrolysis) is 1. The number of benzene rings is 1. The molecule has 0 heterocycles. The van der Waals surface area contributed by atoms with Crippen molar-refractivity contribution in [3.63, 3.8) is 0 Å². The Bertz CT molecular complexity index is 652. The van der Waals surface area contributed by atoms with Crippen molar-refractivity contribution >= 4 is 18.0 Å². The summed E-state index contributed by atoms with van der Waals surface area (Å²) in [5, 5.41) is 8.80. The fraction of sp³-hybridized carbons (Fsp3) is 0.571. The summed E-state index contributed by atoms with van der Waals surface area (Å²) in [7, 11) is 0. The van der Waals surface area contributed by atoms with Gasteiger partial charge < -0.3 is 37.9 Å². The highest BCUT2D eigenvalue weighted by Crippen LogP contribution is 2.03. The summed E-state index contributed by atoms with van der Waals surface area (Å²) in [5.41, 5.74) is 17.0. The summed E-state index contributed by atoms with van der Waals surface area (Å²) in [4.78, 5) is 28.6. The zero-order chi connectivity index (χ0) is 22.7. The molecule has 0 bridgehead atoms. The van der Waals surface area contributed by atoms with Crippen molar-refractivity contribution in [2.24, 2.45) is 22.2 Å². The molecular formula is C21H37N7O3. The number of nitrogens with zero attached hydrogens (tertiary/aromatic N) is 1. The van der Waals surface area contributed by atoms with E-state index in [1.54, 1.807) is 0 Å². The van der Waals surface area contributed by atoms with E-state index in [0.717, 1.165) is 37.9 Å². The minimum Gasteiger partial charge on any atom is -0.445 e. The monoisotopic (exact) mass is 435 g/mol. The molecule has 1 aromatic rings. The van der Waals surface area contributed by atoms with Gasteiger partial charge in [-0.05, 0) is 57.3 Å². The van der Waals surface area contributed by atoms with E-state index in [4.69, 9.17) is 21.9 Å². The number of nitrogens with one attached hydrogen (secondary N) is 3. The van der Waals surface area contributed by atoms with Crippen molar-refractivity contribution in [3.8, 4) is 0 Å². The molecule has 174 valence electrons. The number of amides is 2. The third-order valence-electron chi connectivity index (χ3n) is 4.40. The molecule has 10 nitrogen and oxygen atoms in total. The Hall–Kier alpha value is -2.85. The Morgan fingerprint density at radius 2 is 1.74 bits per heavy atom. The van der Waals surface area contributed by atoms with E-state index in [2.05, 4.69) is 20.9 Å². The predicted octanol–water partition coefficient (Wildman–Crippen LogP) is 0.170. The molecular weight excluding hydrogens is 398 g/mol. The van der Waals surface area contributed by atoms with Gasteiger partial charge in [0.1, 0.15) is 12.6 Å². The molecule has 31 heavy (non-hydrogen) atoms. The molecule has 0 fully saturated rings. The summed E-state index contributed by atoms with van der Waals surface area (Å²) in [6.07, 6.45) is 3.10. The second-order valence-electron chi connectivity index (χ2n) is 7.10. The number of guanidine groups is 1. The summed E-state index contributed by atoms with van der Waals surface area (Å²) < 4.78 is 5.23. The number of nitrogens with two attached hydrogens (primary N) is 3. The van der Waals surface area contributed by atoms with Crippen LogP contribution in [-0.2, 0) is 16.1 Å². The molecule has 1 aromatic carbocycles. The van der Waals surface area contributed by atoms with Gasteiger partial charge in [-0.25, -0.2) is 4.79 Å². The van der Waals surface area contributed by atoms with Crippen LogP contribution in [0.25, 0.3) is 0 Å². The summed E-state index contributed by atoms with van der Waals surface area (Å²) in [6, 6.07) is 8.60. The lowest BCUT2D eigenvalue weighted by molar-refractivity contribution is -0.123. The van der Waals surface area contributed by atoms with Crippen molar-refractivity contribution in [2.45, 2.75) is 44.8 Å². The lowest BCUT2D eigenvalue weighted by Crippen LogP contribution is -2.47. The molecule has 0 aliphatic heterocycles. The van der Waals surface area contributed by atoms with Gasteiger partial charge in [-0.1, -0.05) is 30.3 Å². The average Bonchev–Trinajstić information content (AvgIpc) is 2.76. The van der Waals surface area contributed by atoms with Gasteiger partial charge >= 0.3 is 6.09 Å². The van der Waals surface area contributed by atoms with Crippen LogP contribution < -0.4 is 33.2 Å². The molecule has 0 radical (unpaired) electrons. The normalized spacial score (nSPS) is 11.4. The Kier molecular flexibility index (Phi) is 14.3. The molecule has 1 atom stereocenters. The Balaban J connectivity index is 2.41. The number of hydrogen-bond donors (Lipinski definition) is 6. The van der Waals surface area contributed by atoms with Gasteiger partial charge in [0.25, 0.3) is 0 Å². The van der Waals surface area contributed by atoms with Gasteiger partial charge in [-0.15, -0.1) is 0 Å². The SMILES string of the molecule is NCCCCNCCCNC(=O)[C@H](CCCN=C(N)N)NC(=O)OCc1ccccc1. The van der Waals surface area contributed by atoms with Crippen molar-refractivity contribution in [2.75, 3.05) is 32.7 Å². The molecule has 0 aliphatic rings. The van der Waals surface area contributed by atoms with E-state index in [-0.39, 0.29) is 18.5 Å². The quantitative estimate of drug-likeness (QED) is 0.122. The molecule has 2 amide bonds. The van der Waals surface area contributed by atoms with Gasteiger partial charge in [0.2, 0.25) is 5.91 Å². The molecule has 0 aromatic heterocycles. The number of rotatable bonds is 16. The summed E-state index contributed by atoms with van der Waals surface area (Å²) >= 11 is 0. The van der Waals surface area contributed by atoms with Gasteiger partial charge in [-0.2, -0.15) is 0 Å². The van der Waals surface area contributed by atoms with E-state index in [0.29, 0.717) is 32.5 Å². The zero-order valence-electron chi connectivity index (χ0n) is 18.1. The van der Waals surface area contributed by atoms with Crippen LogP contribution in [0.1, 0.15) is 37.7 Å². The molecule has 0 unspecified atom stereocenters. The fourth-order valence-corrected chi connectivity index (χ4v) is 2.75. The molecule has 0 spiro atoms. The third kappa shape index (κ3) is 13.9. The Morgan fingerprint density at radius 1 is 1.00 bits per heavy atom. The van der Waals surface area contributed by atoms with Crippen molar-refractivity contribution < 1.29 is 14.3 Å². The number of ether oxygens (including phenoxy) is 1. The second-order valence-corrected chi connectivity index (χ2v) is 7.10. The van der Waals surface area contributed by atoms with Crippen LogP contribution in [0.2, 0.25) is 0 Å². The van der Waals surface area contributed by atoms with E-state index in [1.807, 2.05) is 30.3 Å². The summed E-state index contributed by atoms with van der Waals surface area (Å²) in [6.45, 7) is 3.42. The van der Waals surface area contributed by atoms with Crippen LogP contribution in [0.3, 0.4) is 0 Å². The van der Waals surface area contributed by atoms with Crippen LogP contribution in [0.15, 0.2) is 35.3 Å². The van der Waals surface area contributed by atoms with E-state index in [1.165, 1.54) is 0 Å². The lowest BCUT2D eigenvalue weighted by atomic mass is 10.1. The number of unbranched alkanes of at least 4 members (excludes halogenated alkanes) is 1. The van der Waals surface area contributed by atoms with E-state index < -0.39 is 12.1 Å². The molecule has 0 aliphatic carbocycles. The van der Waals surface area contributed by atoms with Crippen LogP contribution in [0, 0.1) is 0 Å². The highest BCUT2D eigenvalue weighted by molar-refractivity contribution is 5.85.